The maximum Gasteiger partial charge on any atom is 0.235 e. The number of likely N-dealkylation sites (tertiary alicyclic amines) is 1. The highest BCUT2D eigenvalue weighted by atomic mass is 32.2. The van der Waals surface area contributed by atoms with E-state index >= 15 is 0 Å². The molecule has 7 heteroatoms. The molecule has 5 nitrogen and oxygen atoms in total. The highest BCUT2D eigenvalue weighted by Gasteiger charge is 2.59. The van der Waals surface area contributed by atoms with Crippen LogP contribution in [0.3, 0.4) is 0 Å². The number of anilines is 1. The van der Waals surface area contributed by atoms with E-state index in [1.54, 1.807) is 11.3 Å². The van der Waals surface area contributed by atoms with Crippen LogP contribution in [0.25, 0.3) is 10.2 Å². The van der Waals surface area contributed by atoms with Gasteiger partial charge in [-0.25, -0.2) is 4.98 Å². The molecular weight excluding hydrogens is 402 g/mol. The number of nitrogens with one attached hydrogen (secondary N) is 1. The minimum atomic E-state index is -0.129. The van der Waals surface area contributed by atoms with Crippen molar-refractivity contribution in [3.8, 4) is 0 Å². The number of hydrogen-bond donors (Lipinski definition) is 1. The van der Waals surface area contributed by atoms with Crippen LogP contribution in [-0.4, -0.2) is 34.1 Å². The van der Waals surface area contributed by atoms with Gasteiger partial charge in [0.15, 0.2) is 4.34 Å². The minimum Gasteiger partial charge on any atom is -0.367 e. The number of carbonyl (C=O) groups is 2. The molecule has 3 aliphatic rings. The van der Waals surface area contributed by atoms with Crippen molar-refractivity contribution in [3.63, 3.8) is 0 Å². The molecule has 0 spiro atoms. The standard InChI is InChI=1S/C22H25N3O2S2/c1-2-3-4-9-28-22-24-16-8-7-15(11-17(16)29-22)23-12-25-20(26)18-13-5-6-14(10-13)19(18)21(25)27/h5-8,11,13-14,18-19,23H,2-4,9-10,12H2,1H3. The summed E-state index contributed by atoms with van der Waals surface area (Å²) in [5.74, 6) is 1.35. The smallest absolute Gasteiger partial charge is 0.235 e. The average molecular weight is 428 g/mol. The molecule has 2 aromatic rings. The van der Waals surface area contributed by atoms with Crippen LogP contribution in [0.15, 0.2) is 34.7 Å². The van der Waals surface area contributed by atoms with E-state index in [0.717, 1.165) is 32.4 Å². The van der Waals surface area contributed by atoms with Crippen molar-refractivity contribution in [3.05, 3.63) is 30.4 Å². The summed E-state index contributed by atoms with van der Waals surface area (Å²) in [5.41, 5.74) is 1.92. The molecule has 2 fully saturated rings. The van der Waals surface area contributed by atoms with E-state index < -0.39 is 0 Å². The highest BCUT2D eigenvalue weighted by molar-refractivity contribution is 8.01. The number of thioether (sulfide) groups is 1. The molecule has 29 heavy (non-hydrogen) atoms. The summed E-state index contributed by atoms with van der Waals surface area (Å²) < 4.78 is 2.24. The summed E-state index contributed by atoms with van der Waals surface area (Å²) >= 11 is 3.53. The Morgan fingerprint density at radius 1 is 1.17 bits per heavy atom. The number of allylic oxidation sites excluding steroid dienone is 2. The second-order valence-corrected chi connectivity index (χ2v) is 10.5. The van der Waals surface area contributed by atoms with Crippen LogP contribution in [0.1, 0.15) is 32.6 Å². The molecule has 2 heterocycles. The first-order chi connectivity index (χ1) is 14.2. The summed E-state index contributed by atoms with van der Waals surface area (Å²) in [6, 6.07) is 6.06. The first kappa shape index (κ1) is 19.1. The van der Waals surface area contributed by atoms with Gasteiger partial charge in [-0.15, -0.1) is 11.3 Å². The largest absolute Gasteiger partial charge is 0.367 e. The van der Waals surface area contributed by atoms with E-state index in [4.69, 9.17) is 4.98 Å². The second kappa shape index (κ2) is 7.76. The molecule has 152 valence electrons. The predicted molar refractivity (Wildman–Crippen MR) is 118 cm³/mol. The molecule has 1 aromatic carbocycles. The number of rotatable bonds is 8. The maximum absolute atomic E-state index is 12.8. The average Bonchev–Trinajstić information content (AvgIpc) is 3.47. The topological polar surface area (TPSA) is 62.3 Å². The molecule has 2 amide bonds. The number of imide groups is 1. The molecular formula is C22H25N3O2S2. The number of amides is 2. The Hall–Kier alpha value is -1.86. The maximum atomic E-state index is 12.8. The molecule has 1 saturated heterocycles. The molecule has 5 rings (SSSR count). The van der Waals surface area contributed by atoms with Gasteiger partial charge in [-0.2, -0.15) is 0 Å². The lowest BCUT2D eigenvalue weighted by Crippen LogP contribution is -2.37. The van der Waals surface area contributed by atoms with Gasteiger partial charge in [0.25, 0.3) is 0 Å². The van der Waals surface area contributed by atoms with Crippen LogP contribution in [0.2, 0.25) is 0 Å². The number of nitrogens with zero attached hydrogens (tertiary/aromatic N) is 2. The van der Waals surface area contributed by atoms with Crippen molar-refractivity contribution in [2.75, 3.05) is 17.7 Å². The van der Waals surface area contributed by atoms with Crippen LogP contribution in [-0.2, 0) is 9.59 Å². The fourth-order valence-electron chi connectivity index (χ4n) is 4.88. The first-order valence-electron chi connectivity index (χ1n) is 10.5. The normalized spacial score (nSPS) is 27.4. The van der Waals surface area contributed by atoms with Crippen LogP contribution < -0.4 is 5.32 Å². The Balaban J connectivity index is 1.23. The Labute approximate surface area is 178 Å². The van der Waals surface area contributed by atoms with Gasteiger partial charge in [0.1, 0.15) is 0 Å². The molecule has 4 unspecified atom stereocenters. The van der Waals surface area contributed by atoms with Crippen molar-refractivity contribution < 1.29 is 9.59 Å². The second-order valence-electron chi connectivity index (χ2n) is 8.16. The number of hydrogen-bond acceptors (Lipinski definition) is 6. The number of thiazole rings is 1. The molecule has 1 aromatic heterocycles. The van der Waals surface area contributed by atoms with Crippen LogP contribution in [0.4, 0.5) is 5.69 Å². The van der Waals surface area contributed by atoms with E-state index in [-0.39, 0.29) is 42.2 Å². The summed E-state index contributed by atoms with van der Waals surface area (Å²) in [6.07, 6.45) is 8.94. The van der Waals surface area contributed by atoms with Crippen molar-refractivity contribution in [1.29, 1.82) is 0 Å². The van der Waals surface area contributed by atoms with E-state index in [0.29, 0.717) is 0 Å². The third kappa shape index (κ3) is 3.38. The molecule has 1 saturated carbocycles. The van der Waals surface area contributed by atoms with Crippen molar-refractivity contribution >= 4 is 50.8 Å². The third-order valence-corrected chi connectivity index (χ3v) is 8.59. The minimum absolute atomic E-state index is 0.00557. The molecule has 4 atom stereocenters. The third-order valence-electron chi connectivity index (χ3n) is 6.35. The van der Waals surface area contributed by atoms with Gasteiger partial charge in [0.2, 0.25) is 11.8 Å². The van der Waals surface area contributed by atoms with E-state index in [2.05, 4.69) is 30.5 Å². The molecule has 2 bridgehead atoms. The van der Waals surface area contributed by atoms with Crippen molar-refractivity contribution in [1.82, 2.24) is 9.88 Å². The fraction of sp³-hybridized carbons (Fsp3) is 0.500. The molecule has 2 aliphatic carbocycles. The lowest BCUT2D eigenvalue weighted by molar-refractivity contribution is -0.140. The lowest BCUT2D eigenvalue weighted by Gasteiger charge is -2.18. The van der Waals surface area contributed by atoms with Gasteiger partial charge in [0, 0.05) is 11.4 Å². The highest BCUT2D eigenvalue weighted by Crippen LogP contribution is 2.52. The summed E-state index contributed by atoms with van der Waals surface area (Å²) in [6.45, 7) is 2.46. The van der Waals surface area contributed by atoms with E-state index in [9.17, 15) is 9.59 Å². The van der Waals surface area contributed by atoms with Gasteiger partial charge in [0.05, 0.1) is 28.7 Å². The molecule has 0 radical (unpaired) electrons. The summed E-state index contributed by atoms with van der Waals surface area (Å²) in [4.78, 5) is 31.7. The zero-order valence-corrected chi connectivity index (χ0v) is 18.1. The van der Waals surface area contributed by atoms with Crippen LogP contribution in [0.5, 0.6) is 0 Å². The summed E-state index contributed by atoms with van der Waals surface area (Å²) in [5, 5.41) is 3.28. The number of carbonyl (C=O) groups excluding carboxylic acids is 2. The first-order valence-corrected chi connectivity index (χ1v) is 12.3. The Bertz CT molecular complexity index is 956. The van der Waals surface area contributed by atoms with Crippen molar-refractivity contribution in [2.45, 2.75) is 36.9 Å². The Morgan fingerprint density at radius 2 is 1.93 bits per heavy atom. The zero-order valence-electron chi connectivity index (χ0n) is 16.5. The number of benzene rings is 1. The number of aromatic nitrogens is 1. The Kier molecular flexibility index (Phi) is 5.12. The Morgan fingerprint density at radius 3 is 2.66 bits per heavy atom. The van der Waals surface area contributed by atoms with Crippen LogP contribution in [0, 0.1) is 23.7 Å². The number of unbranched alkanes of at least 4 members (excludes halogenated alkanes) is 2. The quantitative estimate of drug-likeness (QED) is 0.285. The van der Waals surface area contributed by atoms with E-state index in [1.165, 1.54) is 24.2 Å². The monoisotopic (exact) mass is 427 g/mol. The van der Waals surface area contributed by atoms with Crippen molar-refractivity contribution in [2.24, 2.45) is 23.7 Å². The van der Waals surface area contributed by atoms with Crippen LogP contribution >= 0.6 is 23.1 Å². The fourth-order valence-corrected chi connectivity index (χ4v) is 7.05. The SMILES string of the molecule is CCCCCSc1nc2ccc(NCN3C(=O)C4C5C=CC(C5)C4C3=O)cc2s1. The number of fused-ring (bicyclic) bond motifs is 6. The zero-order chi connectivity index (χ0) is 20.0. The van der Waals surface area contributed by atoms with E-state index in [1.807, 2.05) is 23.9 Å². The summed E-state index contributed by atoms with van der Waals surface area (Å²) in [7, 11) is 0. The van der Waals surface area contributed by atoms with Gasteiger partial charge in [-0.05, 0) is 42.9 Å². The molecule has 1 aliphatic heterocycles. The molecule has 1 N–H and O–H groups in total. The van der Waals surface area contributed by atoms with Gasteiger partial charge in [-0.1, -0.05) is 43.7 Å². The van der Waals surface area contributed by atoms with Gasteiger partial charge < -0.3 is 5.32 Å². The lowest BCUT2D eigenvalue weighted by atomic mass is 9.85. The predicted octanol–water partition coefficient (Wildman–Crippen LogP) is 4.76. The van der Waals surface area contributed by atoms with Gasteiger partial charge >= 0.3 is 0 Å². The van der Waals surface area contributed by atoms with Gasteiger partial charge in [-0.3, -0.25) is 14.5 Å².